The van der Waals surface area contributed by atoms with Crippen LogP contribution in [0.4, 0.5) is 23.5 Å². The lowest BCUT2D eigenvalue weighted by molar-refractivity contribution is -0.154. The van der Waals surface area contributed by atoms with Gasteiger partial charge in [0.15, 0.2) is 6.61 Å². The molecule has 2 heterocycles. The minimum absolute atomic E-state index is 0.0242. The third-order valence-electron chi connectivity index (χ3n) is 8.23. The fraction of sp³-hybridized carbons (Fsp3) is 0.455. The van der Waals surface area contributed by atoms with Gasteiger partial charge in [0.25, 0.3) is 5.91 Å². The lowest BCUT2D eigenvalue weighted by Gasteiger charge is -2.26. The lowest BCUT2D eigenvalue weighted by atomic mass is 9.93. The topological polar surface area (TPSA) is 138 Å². The highest BCUT2D eigenvalue weighted by molar-refractivity contribution is 6.35. The van der Waals surface area contributed by atoms with Crippen molar-refractivity contribution in [3.63, 3.8) is 0 Å². The Kier molecular flexibility index (Phi) is 10.6. The van der Waals surface area contributed by atoms with E-state index in [1.165, 1.54) is 17.0 Å². The molecule has 1 aliphatic heterocycles. The normalized spacial score (nSPS) is 15.4. The van der Waals surface area contributed by atoms with Gasteiger partial charge in [0.2, 0.25) is 5.95 Å². The van der Waals surface area contributed by atoms with Gasteiger partial charge in [-0.2, -0.15) is 28.1 Å². The van der Waals surface area contributed by atoms with Crippen LogP contribution in [0.3, 0.4) is 0 Å². The number of aromatic nitrogens is 3. The molecule has 49 heavy (non-hydrogen) atoms. The number of likely N-dealkylation sites (tertiary alicyclic amines) is 1. The van der Waals surface area contributed by atoms with Gasteiger partial charge in [-0.25, -0.2) is 4.39 Å². The van der Waals surface area contributed by atoms with Gasteiger partial charge in [0, 0.05) is 43.2 Å². The first-order chi connectivity index (χ1) is 23.1. The lowest BCUT2D eigenvalue weighted by Crippen LogP contribution is -2.47. The summed E-state index contributed by atoms with van der Waals surface area (Å²) in [5.74, 6) is -2.69. The zero-order valence-corrected chi connectivity index (χ0v) is 27.7. The third-order valence-corrected chi connectivity index (χ3v) is 8.48. The van der Waals surface area contributed by atoms with Crippen LogP contribution in [0.5, 0.6) is 6.01 Å². The zero-order valence-electron chi connectivity index (χ0n) is 26.9. The van der Waals surface area contributed by atoms with E-state index in [-0.39, 0.29) is 42.4 Å². The Morgan fingerprint density at radius 3 is 2.27 bits per heavy atom. The Morgan fingerprint density at radius 1 is 0.959 bits per heavy atom. The van der Waals surface area contributed by atoms with Crippen LogP contribution >= 0.6 is 11.6 Å². The number of rotatable bonds is 12. The first-order valence-corrected chi connectivity index (χ1v) is 16.1. The number of carbonyl (C=O) groups is 3. The van der Waals surface area contributed by atoms with Crippen LogP contribution < -0.4 is 20.7 Å². The SMILES string of the molecule is CC(C)(CNC(=O)C(=O)N1CCCC1)CNC(=O)c1ccc(Cc2nc(NC3(c4ccc(Cl)cc4)CC3)nc(OCC(F)(F)F)n2)c(F)c1. The molecule has 0 atom stereocenters. The van der Waals surface area contributed by atoms with Crippen molar-refractivity contribution in [2.24, 2.45) is 5.41 Å². The number of nitrogens with zero attached hydrogens (tertiary/aromatic N) is 4. The molecule has 2 aromatic carbocycles. The summed E-state index contributed by atoms with van der Waals surface area (Å²) >= 11 is 6.02. The molecule has 3 amide bonds. The number of alkyl halides is 3. The minimum Gasteiger partial charge on any atom is -0.454 e. The summed E-state index contributed by atoms with van der Waals surface area (Å²) in [5.41, 5.74) is -0.193. The van der Waals surface area contributed by atoms with Crippen molar-refractivity contribution in [2.45, 2.75) is 57.7 Å². The number of halogens is 5. The third kappa shape index (κ3) is 9.77. The van der Waals surface area contributed by atoms with E-state index in [0.717, 1.165) is 24.5 Å². The van der Waals surface area contributed by atoms with Crippen molar-refractivity contribution < 1.29 is 36.7 Å². The number of anilines is 1. The molecule has 262 valence electrons. The molecule has 1 saturated heterocycles. The highest BCUT2D eigenvalue weighted by atomic mass is 35.5. The molecule has 2 fully saturated rings. The number of benzene rings is 2. The van der Waals surface area contributed by atoms with E-state index in [1.54, 1.807) is 26.0 Å². The number of ether oxygens (including phenoxy) is 1. The predicted octanol–water partition coefficient (Wildman–Crippen LogP) is 4.79. The van der Waals surface area contributed by atoms with Crippen LogP contribution in [0.1, 0.15) is 66.8 Å². The maximum absolute atomic E-state index is 15.3. The standard InChI is InChI=1S/C33H36ClF4N7O4/c1-31(2,18-40-27(47)28(48)45-13-3-4-14-45)17-39-26(46)21-6-5-20(24(35)15-21)16-25-41-29(43-30(42-25)49-19-33(36,37)38)44-32(11-12-32)22-7-9-23(34)10-8-22/h5-10,15H,3-4,11-14,16-19H2,1-2H3,(H,39,46)(H,40,47)(H,41,42,43,44). The summed E-state index contributed by atoms with van der Waals surface area (Å²) in [7, 11) is 0. The number of nitrogens with one attached hydrogen (secondary N) is 3. The molecular formula is C33H36ClF4N7O4. The Bertz CT molecular complexity index is 1700. The molecule has 1 aromatic heterocycles. The molecular weight excluding hydrogens is 670 g/mol. The highest BCUT2D eigenvalue weighted by Gasteiger charge is 2.45. The predicted molar refractivity (Wildman–Crippen MR) is 172 cm³/mol. The molecule has 3 aromatic rings. The molecule has 0 bridgehead atoms. The van der Waals surface area contributed by atoms with Crippen molar-refractivity contribution in [2.75, 3.05) is 38.1 Å². The molecule has 2 aliphatic rings. The van der Waals surface area contributed by atoms with E-state index >= 15 is 4.39 Å². The zero-order chi connectivity index (χ0) is 35.4. The van der Waals surface area contributed by atoms with Crippen LogP contribution in [-0.4, -0.2) is 76.5 Å². The molecule has 0 spiro atoms. The van der Waals surface area contributed by atoms with Crippen LogP contribution in [0, 0.1) is 11.2 Å². The van der Waals surface area contributed by atoms with E-state index in [0.29, 0.717) is 31.0 Å². The van der Waals surface area contributed by atoms with E-state index in [1.807, 2.05) is 12.1 Å². The molecule has 0 radical (unpaired) electrons. The van der Waals surface area contributed by atoms with Crippen LogP contribution in [-0.2, 0) is 21.5 Å². The summed E-state index contributed by atoms with van der Waals surface area (Å²) in [6, 6.07) is 10.3. The first-order valence-electron chi connectivity index (χ1n) is 15.7. The maximum Gasteiger partial charge on any atom is 0.422 e. The smallest absolute Gasteiger partial charge is 0.422 e. The Balaban J connectivity index is 1.23. The first kappa shape index (κ1) is 35.8. The molecule has 16 heteroatoms. The van der Waals surface area contributed by atoms with Crippen molar-refractivity contribution in [3.05, 3.63) is 75.8 Å². The van der Waals surface area contributed by atoms with Gasteiger partial charge in [-0.05, 0) is 66.5 Å². The summed E-state index contributed by atoms with van der Waals surface area (Å²) < 4.78 is 58.8. The van der Waals surface area contributed by atoms with Gasteiger partial charge in [0.1, 0.15) is 11.6 Å². The highest BCUT2D eigenvalue weighted by Crippen LogP contribution is 2.48. The van der Waals surface area contributed by atoms with E-state index < -0.39 is 53.3 Å². The van der Waals surface area contributed by atoms with Crippen molar-refractivity contribution in [1.82, 2.24) is 30.5 Å². The van der Waals surface area contributed by atoms with Crippen LogP contribution in [0.15, 0.2) is 42.5 Å². The second-order valence-electron chi connectivity index (χ2n) is 13.0. The largest absolute Gasteiger partial charge is 0.454 e. The number of hydrogen-bond donors (Lipinski definition) is 3. The quantitative estimate of drug-likeness (QED) is 0.181. The average Bonchev–Trinajstić information content (AvgIpc) is 3.61. The molecule has 5 rings (SSSR count). The van der Waals surface area contributed by atoms with Gasteiger partial charge < -0.3 is 25.6 Å². The second-order valence-corrected chi connectivity index (χ2v) is 13.4. The van der Waals surface area contributed by atoms with Gasteiger partial charge in [-0.15, -0.1) is 0 Å². The molecule has 3 N–H and O–H groups in total. The Morgan fingerprint density at radius 2 is 1.63 bits per heavy atom. The monoisotopic (exact) mass is 705 g/mol. The van der Waals surface area contributed by atoms with Crippen molar-refractivity contribution in [1.29, 1.82) is 0 Å². The average molecular weight is 706 g/mol. The Labute approximate surface area is 285 Å². The van der Waals surface area contributed by atoms with Crippen molar-refractivity contribution >= 4 is 35.3 Å². The van der Waals surface area contributed by atoms with Gasteiger partial charge in [-0.1, -0.05) is 43.6 Å². The van der Waals surface area contributed by atoms with Gasteiger partial charge in [-0.3, -0.25) is 14.4 Å². The molecule has 1 saturated carbocycles. The van der Waals surface area contributed by atoms with E-state index in [2.05, 4.69) is 30.9 Å². The van der Waals surface area contributed by atoms with Gasteiger partial charge >= 0.3 is 24.0 Å². The van der Waals surface area contributed by atoms with E-state index in [4.69, 9.17) is 16.3 Å². The molecule has 1 aliphatic carbocycles. The number of amides is 3. The summed E-state index contributed by atoms with van der Waals surface area (Å²) in [5, 5.41) is 9.06. The summed E-state index contributed by atoms with van der Waals surface area (Å²) in [6.45, 7) is 3.31. The second kappa shape index (κ2) is 14.5. The maximum atomic E-state index is 15.3. The molecule has 0 unspecified atom stereocenters. The Hall–Kier alpha value is -4.53. The summed E-state index contributed by atoms with van der Waals surface area (Å²) in [6.07, 6.45) is -1.74. The number of hydrogen-bond acceptors (Lipinski definition) is 8. The van der Waals surface area contributed by atoms with Gasteiger partial charge in [0.05, 0.1) is 5.54 Å². The van der Waals surface area contributed by atoms with E-state index in [9.17, 15) is 27.6 Å². The van der Waals surface area contributed by atoms with Crippen LogP contribution in [0.2, 0.25) is 5.02 Å². The minimum atomic E-state index is -4.64. The molecule has 11 nitrogen and oxygen atoms in total. The van der Waals surface area contributed by atoms with Crippen LogP contribution in [0.25, 0.3) is 0 Å². The fourth-order valence-corrected chi connectivity index (χ4v) is 5.41. The summed E-state index contributed by atoms with van der Waals surface area (Å²) in [4.78, 5) is 51.2. The number of carbonyl (C=O) groups excluding carboxylic acids is 3. The van der Waals surface area contributed by atoms with Crippen molar-refractivity contribution in [3.8, 4) is 6.01 Å². The fourth-order valence-electron chi connectivity index (χ4n) is 5.28.